The molecule has 0 bridgehead atoms. The van der Waals surface area contributed by atoms with Crippen molar-refractivity contribution in [3.05, 3.63) is 35.4 Å². The van der Waals surface area contributed by atoms with Crippen molar-refractivity contribution in [2.24, 2.45) is 0 Å². The average Bonchev–Trinajstić information content (AvgIpc) is 2.42. The number of piperidine rings is 1. The quantitative estimate of drug-likeness (QED) is 0.843. The number of aliphatic hydroxyl groups excluding tert-OH is 1. The highest BCUT2D eigenvalue weighted by molar-refractivity contribution is 7.88. The Hall–Kier alpha value is -1.09. The standard InChI is InChI=1S/C14H20F2N2O3S/c1-22(20,21)17-11-4-6-18(7-5-11)9-14(19)10-2-3-12(15)13(16)8-10/h2-3,8,11,14,17,19H,4-7,9H2,1H3. The van der Waals surface area contributed by atoms with Crippen molar-refractivity contribution in [2.45, 2.75) is 25.0 Å². The van der Waals surface area contributed by atoms with E-state index in [0.29, 0.717) is 38.0 Å². The van der Waals surface area contributed by atoms with Crippen molar-refractivity contribution in [2.75, 3.05) is 25.9 Å². The van der Waals surface area contributed by atoms with Crippen molar-refractivity contribution < 1.29 is 22.3 Å². The first-order valence-corrected chi connectivity index (χ1v) is 8.96. The summed E-state index contributed by atoms with van der Waals surface area (Å²) in [5, 5.41) is 10.1. The van der Waals surface area contributed by atoms with Crippen LogP contribution in [-0.2, 0) is 10.0 Å². The number of nitrogens with zero attached hydrogens (tertiary/aromatic N) is 1. The molecular weight excluding hydrogens is 314 g/mol. The van der Waals surface area contributed by atoms with Gasteiger partial charge in [-0.3, -0.25) is 0 Å². The van der Waals surface area contributed by atoms with E-state index in [4.69, 9.17) is 0 Å². The number of likely N-dealkylation sites (tertiary alicyclic amines) is 1. The lowest BCUT2D eigenvalue weighted by Crippen LogP contribution is -2.45. The lowest BCUT2D eigenvalue weighted by Gasteiger charge is -2.33. The molecule has 1 fully saturated rings. The molecule has 0 spiro atoms. The molecule has 8 heteroatoms. The SMILES string of the molecule is CS(=O)(=O)NC1CCN(CC(O)c2ccc(F)c(F)c2)CC1. The Labute approximate surface area is 129 Å². The minimum Gasteiger partial charge on any atom is -0.387 e. The maximum atomic E-state index is 13.2. The van der Waals surface area contributed by atoms with Crippen LogP contribution in [0, 0.1) is 11.6 Å². The summed E-state index contributed by atoms with van der Waals surface area (Å²) in [5.74, 6) is -1.92. The van der Waals surface area contributed by atoms with Crippen LogP contribution in [0.2, 0.25) is 0 Å². The van der Waals surface area contributed by atoms with E-state index in [1.54, 1.807) is 0 Å². The van der Waals surface area contributed by atoms with Gasteiger partial charge in [0, 0.05) is 12.6 Å². The van der Waals surface area contributed by atoms with Crippen LogP contribution in [0.3, 0.4) is 0 Å². The maximum absolute atomic E-state index is 13.2. The molecule has 1 atom stereocenters. The zero-order valence-electron chi connectivity index (χ0n) is 12.3. The number of β-amino-alcohol motifs (C(OH)–C–C–N with tert-alkyl or cyclic N) is 1. The van der Waals surface area contributed by atoms with Gasteiger partial charge in [0.2, 0.25) is 10.0 Å². The van der Waals surface area contributed by atoms with E-state index in [1.165, 1.54) is 6.07 Å². The molecule has 1 aromatic carbocycles. The van der Waals surface area contributed by atoms with Crippen LogP contribution in [0.25, 0.3) is 0 Å². The molecule has 1 aromatic rings. The van der Waals surface area contributed by atoms with Gasteiger partial charge < -0.3 is 10.0 Å². The molecule has 0 saturated carbocycles. The first-order valence-electron chi connectivity index (χ1n) is 7.07. The van der Waals surface area contributed by atoms with Crippen molar-refractivity contribution in [3.63, 3.8) is 0 Å². The predicted octanol–water partition coefficient (Wildman–Crippen LogP) is 1.01. The van der Waals surface area contributed by atoms with Gasteiger partial charge in [0.25, 0.3) is 0 Å². The number of aliphatic hydroxyl groups is 1. The summed E-state index contributed by atoms with van der Waals surface area (Å²) >= 11 is 0. The molecule has 0 radical (unpaired) electrons. The molecule has 1 aliphatic rings. The van der Waals surface area contributed by atoms with E-state index in [9.17, 15) is 22.3 Å². The first-order chi connectivity index (χ1) is 10.2. The summed E-state index contributed by atoms with van der Waals surface area (Å²) in [4.78, 5) is 1.98. The molecule has 2 N–H and O–H groups in total. The molecule has 0 aliphatic carbocycles. The molecule has 1 heterocycles. The van der Waals surface area contributed by atoms with Gasteiger partial charge in [-0.1, -0.05) is 6.07 Å². The topological polar surface area (TPSA) is 69.6 Å². The van der Waals surface area contributed by atoms with E-state index < -0.39 is 27.8 Å². The minimum atomic E-state index is -3.21. The van der Waals surface area contributed by atoms with Crippen LogP contribution in [-0.4, -0.2) is 50.4 Å². The second kappa shape index (κ2) is 6.99. The zero-order valence-corrected chi connectivity index (χ0v) is 13.1. The van der Waals surface area contributed by atoms with Gasteiger partial charge in [-0.05, 0) is 43.6 Å². The third kappa shape index (κ3) is 4.98. The molecule has 5 nitrogen and oxygen atoms in total. The van der Waals surface area contributed by atoms with E-state index in [2.05, 4.69) is 4.72 Å². The molecular formula is C14H20F2N2O3S. The van der Waals surface area contributed by atoms with Gasteiger partial charge in [-0.2, -0.15) is 0 Å². The molecule has 1 saturated heterocycles. The third-order valence-electron chi connectivity index (χ3n) is 3.73. The second-order valence-electron chi connectivity index (χ2n) is 5.65. The fourth-order valence-electron chi connectivity index (χ4n) is 2.61. The molecule has 2 rings (SSSR count). The van der Waals surface area contributed by atoms with Crippen LogP contribution in [0.5, 0.6) is 0 Å². The number of halogens is 2. The smallest absolute Gasteiger partial charge is 0.208 e. The Kier molecular flexibility index (Phi) is 5.49. The normalized spacial score (nSPS) is 19.3. The molecule has 0 amide bonds. The summed E-state index contributed by atoms with van der Waals surface area (Å²) < 4.78 is 51.0. The van der Waals surface area contributed by atoms with Gasteiger partial charge in [0.15, 0.2) is 11.6 Å². The molecule has 1 unspecified atom stereocenters. The van der Waals surface area contributed by atoms with Crippen LogP contribution in [0.15, 0.2) is 18.2 Å². The number of rotatable bonds is 5. The largest absolute Gasteiger partial charge is 0.387 e. The summed E-state index contributed by atoms with van der Waals surface area (Å²) in [6, 6.07) is 3.27. The van der Waals surface area contributed by atoms with Crippen LogP contribution >= 0.6 is 0 Å². The van der Waals surface area contributed by atoms with Crippen LogP contribution < -0.4 is 4.72 Å². The third-order valence-corrected chi connectivity index (χ3v) is 4.49. The van der Waals surface area contributed by atoms with Crippen molar-refractivity contribution in [1.82, 2.24) is 9.62 Å². The molecule has 1 aliphatic heterocycles. The average molecular weight is 334 g/mol. The lowest BCUT2D eigenvalue weighted by atomic mass is 10.0. The van der Waals surface area contributed by atoms with E-state index in [1.807, 2.05) is 4.90 Å². The van der Waals surface area contributed by atoms with Gasteiger partial charge >= 0.3 is 0 Å². The summed E-state index contributed by atoms with van der Waals surface area (Å²) in [6.45, 7) is 1.57. The highest BCUT2D eigenvalue weighted by atomic mass is 32.2. The highest BCUT2D eigenvalue weighted by Crippen LogP contribution is 2.19. The Morgan fingerprint density at radius 3 is 2.50 bits per heavy atom. The van der Waals surface area contributed by atoms with Crippen LogP contribution in [0.1, 0.15) is 24.5 Å². The first kappa shape index (κ1) is 17.3. The second-order valence-corrected chi connectivity index (χ2v) is 7.43. The van der Waals surface area contributed by atoms with Gasteiger partial charge in [-0.25, -0.2) is 21.9 Å². The Balaban J connectivity index is 1.86. The van der Waals surface area contributed by atoms with Crippen molar-refractivity contribution in [3.8, 4) is 0 Å². The van der Waals surface area contributed by atoms with E-state index >= 15 is 0 Å². The zero-order chi connectivity index (χ0) is 16.3. The summed E-state index contributed by atoms with van der Waals surface area (Å²) in [6.07, 6.45) is 1.52. The van der Waals surface area contributed by atoms with Gasteiger partial charge in [0.05, 0.1) is 12.4 Å². The number of nitrogens with one attached hydrogen (secondary N) is 1. The van der Waals surface area contributed by atoms with Crippen LogP contribution in [0.4, 0.5) is 8.78 Å². The monoisotopic (exact) mass is 334 g/mol. The van der Waals surface area contributed by atoms with E-state index in [0.717, 1.165) is 18.4 Å². The summed E-state index contributed by atoms with van der Waals surface area (Å²) in [5.41, 5.74) is 0.329. The molecule has 124 valence electrons. The number of hydrogen-bond acceptors (Lipinski definition) is 4. The maximum Gasteiger partial charge on any atom is 0.208 e. The number of benzene rings is 1. The van der Waals surface area contributed by atoms with Crippen molar-refractivity contribution >= 4 is 10.0 Å². The highest BCUT2D eigenvalue weighted by Gasteiger charge is 2.23. The fourth-order valence-corrected chi connectivity index (χ4v) is 3.45. The lowest BCUT2D eigenvalue weighted by molar-refractivity contribution is 0.0960. The fraction of sp³-hybridized carbons (Fsp3) is 0.571. The Bertz CT molecular complexity index is 617. The minimum absolute atomic E-state index is 0.0911. The van der Waals surface area contributed by atoms with E-state index in [-0.39, 0.29) is 6.04 Å². The predicted molar refractivity (Wildman–Crippen MR) is 78.8 cm³/mol. The summed E-state index contributed by atoms with van der Waals surface area (Å²) in [7, 11) is -3.21. The molecule has 22 heavy (non-hydrogen) atoms. The van der Waals surface area contributed by atoms with Crippen molar-refractivity contribution in [1.29, 1.82) is 0 Å². The Morgan fingerprint density at radius 2 is 1.95 bits per heavy atom. The van der Waals surface area contributed by atoms with Gasteiger partial charge in [0.1, 0.15) is 0 Å². The number of hydrogen-bond donors (Lipinski definition) is 2. The number of sulfonamides is 1. The van der Waals surface area contributed by atoms with Gasteiger partial charge in [-0.15, -0.1) is 0 Å². The Morgan fingerprint density at radius 1 is 1.32 bits per heavy atom. The molecule has 0 aromatic heterocycles.